The largest absolute Gasteiger partial charge is 0.357 e. The van der Waals surface area contributed by atoms with E-state index >= 15 is 0 Å². The molecule has 0 aliphatic heterocycles. The highest BCUT2D eigenvalue weighted by Crippen LogP contribution is 2.24. The summed E-state index contributed by atoms with van der Waals surface area (Å²) in [4.78, 5) is 26.8. The van der Waals surface area contributed by atoms with Crippen LogP contribution in [0, 0.1) is 0 Å². The molecule has 0 saturated heterocycles. The average Bonchev–Trinajstić information content (AvgIpc) is 2.70. The van der Waals surface area contributed by atoms with Crippen molar-refractivity contribution < 1.29 is 9.59 Å². The molecular weight excluding hydrogens is 407 g/mol. The first-order chi connectivity index (χ1) is 13.7. The summed E-state index contributed by atoms with van der Waals surface area (Å²) in [7, 11) is 1.56. The number of hydrogen-bond acceptors (Lipinski definition) is 2. The highest BCUT2D eigenvalue weighted by atomic mass is 35.5. The van der Waals surface area contributed by atoms with Crippen LogP contribution in [-0.4, -0.2) is 29.8 Å². The summed E-state index contributed by atoms with van der Waals surface area (Å²) in [6.07, 6.45) is 0.927. The minimum Gasteiger partial charge on any atom is -0.357 e. The van der Waals surface area contributed by atoms with Crippen LogP contribution < -0.4 is 5.32 Å². The molecule has 0 unspecified atom stereocenters. The lowest BCUT2D eigenvalue weighted by molar-refractivity contribution is -0.140. The van der Waals surface area contributed by atoms with Crippen molar-refractivity contribution in [3.63, 3.8) is 0 Å². The maximum absolute atomic E-state index is 13.0. The highest BCUT2D eigenvalue weighted by Gasteiger charge is 2.25. The molecule has 6 heteroatoms. The summed E-state index contributed by atoms with van der Waals surface area (Å²) in [6, 6.07) is 12.9. The number of benzene rings is 2. The van der Waals surface area contributed by atoms with Gasteiger partial charge in [0.15, 0.2) is 0 Å². The molecule has 0 aromatic heterocycles. The van der Waals surface area contributed by atoms with Gasteiger partial charge >= 0.3 is 0 Å². The van der Waals surface area contributed by atoms with Gasteiger partial charge in [0.2, 0.25) is 11.8 Å². The number of halogens is 2. The molecule has 156 valence electrons. The Morgan fingerprint density at radius 3 is 2.24 bits per heavy atom. The Labute approximate surface area is 183 Å². The zero-order valence-electron chi connectivity index (χ0n) is 17.3. The standard InChI is InChI=1S/C23H28Cl2N2O2/c1-15(2)18-8-5-17(6-9-18)7-12-22(28)27(16(3)23(29)26-4)14-19-10-11-20(24)13-21(19)25/h5-6,8-11,13,15-16H,7,12,14H2,1-4H3,(H,26,29)/t16-/m0/s1. The second-order valence-electron chi connectivity index (χ2n) is 7.44. The van der Waals surface area contributed by atoms with Gasteiger partial charge in [0.25, 0.3) is 0 Å². The molecule has 2 aromatic rings. The molecule has 4 nitrogen and oxygen atoms in total. The number of rotatable bonds is 8. The molecule has 0 fully saturated rings. The van der Waals surface area contributed by atoms with Crippen LogP contribution in [0.5, 0.6) is 0 Å². The van der Waals surface area contributed by atoms with Gasteiger partial charge in [-0.15, -0.1) is 0 Å². The first-order valence-corrected chi connectivity index (χ1v) is 10.5. The third-order valence-electron chi connectivity index (χ3n) is 5.04. The SMILES string of the molecule is CNC(=O)[C@H](C)N(Cc1ccc(Cl)cc1Cl)C(=O)CCc1ccc(C(C)C)cc1. The van der Waals surface area contributed by atoms with E-state index in [1.165, 1.54) is 5.56 Å². The maximum atomic E-state index is 13.0. The van der Waals surface area contributed by atoms with E-state index in [1.54, 1.807) is 37.1 Å². The van der Waals surface area contributed by atoms with E-state index in [0.29, 0.717) is 28.8 Å². The van der Waals surface area contributed by atoms with Crippen LogP contribution in [0.4, 0.5) is 0 Å². The van der Waals surface area contributed by atoms with E-state index in [1.807, 2.05) is 0 Å². The Balaban J connectivity index is 2.14. The lowest BCUT2D eigenvalue weighted by Crippen LogP contribution is -2.46. The molecule has 1 atom stereocenters. The second-order valence-corrected chi connectivity index (χ2v) is 8.29. The van der Waals surface area contributed by atoms with Crippen LogP contribution in [0.25, 0.3) is 0 Å². The molecule has 0 heterocycles. The number of amides is 2. The Kier molecular flexibility index (Phi) is 8.54. The van der Waals surface area contributed by atoms with Crippen molar-refractivity contribution in [1.82, 2.24) is 10.2 Å². The van der Waals surface area contributed by atoms with Crippen LogP contribution in [0.2, 0.25) is 10.0 Å². The van der Waals surface area contributed by atoms with Gasteiger partial charge in [0.05, 0.1) is 0 Å². The topological polar surface area (TPSA) is 49.4 Å². The third-order valence-corrected chi connectivity index (χ3v) is 5.63. The summed E-state index contributed by atoms with van der Waals surface area (Å²) in [5.41, 5.74) is 3.12. The Morgan fingerprint density at radius 1 is 1.03 bits per heavy atom. The molecule has 0 saturated carbocycles. The average molecular weight is 435 g/mol. The molecular formula is C23H28Cl2N2O2. The fourth-order valence-corrected chi connectivity index (χ4v) is 3.56. The lowest BCUT2D eigenvalue weighted by Gasteiger charge is -2.29. The van der Waals surface area contributed by atoms with Crippen molar-refractivity contribution in [3.8, 4) is 0 Å². The first-order valence-electron chi connectivity index (χ1n) is 9.76. The molecule has 0 aliphatic carbocycles. The Morgan fingerprint density at radius 2 is 1.69 bits per heavy atom. The summed E-state index contributed by atoms with van der Waals surface area (Å²) < 4.78 is 0. The van der Waals surface area contributed by atoms with Gasteiger partial charge in [-0.25, -0.2) is 0 Å². The number of nitrogens with one attached hydrogen (secondary N) is 1. The second kappa shape index (κ2) is 10.7. The van der Waals surface area contributed by atoms with Gasteiger partial charge in [-0.3, -0.25) is 9.59 Å². The zero-order chi connectivity index (χ0) is 21.6. The van der Waals surface area contributed by atoms with E-state index in [2.05, 4.69) is 43.4 Å². The summed E-state index contributed by atoms with van der Waals surface area (Å²) in [5, 5.41) is 3.62. The molecule has 0 radical (unpaired) electrons. The molecule has 0 aliphatic rings. The fourth-order valence-electron chi connectivity index (χ4n) is 3.09. The van der Waals surface area contributed by atoms with Gasteiger partial charge in [-0.2, -0.15) is 0 Å². The predicted molar refractivity (Wildman–Crippen MR) is 119 cm³/mol. The third kappa shape index (κ3) is 6.48. The monoisotopic (exact) mass is 434 g/mol. The number of nitrogens with zero attached hydrogens (tertiary/aromatic N) is 1. The predicted octanol–water partition coefficient (Wildman–Crippen LogP) is 5.21. The van der Waals surface area contributed by atoms with Gasteiger partial charge < -0.3 is 10.2 Å². The molecule has 2 aromatic carbocycles. The van der Waals surface area contributed by atoms with Crippen molar-refractivity contribution >= 4 is 35.0 Å². The summed E-state index contributed by atoms with van der Waals surface area (Å²) in [5.74, 6) is 0.156. The van der Waals surface area contributed by atoms with E-state index in [9.17, 15) is 9.59 Å². The smallest absolute Gasteiger partial charge is 0.242 e. The molecule has 1 N–H and O–H groups in total. The van der Waals surface area contributed by atoms with Crippen molar-refractivity contribution in [1.29, 1.82) is 0 Å². The summed E-state index contributed by atoms with van der Waals surface area (Å²) >= 11 is 12.3. The minimum atomic E-state index is -0.609. The number of likely N-dealkylation sites (N-methyl/N-ethyl adjacent to an activating group) is 1. The molecule has 29 heavy (non-hydrogen) atoms. The van der Waals surface area contributed by atoms with Gasteiger partial charge in [0, 0.05) is 30.1 Å². The quantitative estimate of drug-likeness (QED) is 0.619. The van der Waals surface area contributed by atoms with Crippen molar-refractivity contribution in [3.05, 3.63) is 69.2 Å². The van der Waals surface area contributed by atoms with Crippen LogP contribution in [0.1, 0.15) is 49.8 Å². The lowest BCUT2D eigenvalue weighted by atomic mass is 10.00. The Hall–Kier alpha value is -2.04. The number of carbonyl (C=O) groups is 2. The van der Waals surface area contributed by atoms with Crippen LogP contribution in [0.3, 0.4) is 0 Å². The molecule has 0 bridgehead atoms. The van der Waals surface area contributed by atoms with E-state index in [-0.39, 0.29) is 18.4 Å². The zero-order valence-corrected chi connectivity index (χ0v) is 18.8. The van der Waals surface area contributed by atoms with Crippen LogP contribution in [-0.2, 0) is 22.6 Å². The Bertz CT molecular complexity index is 850. The normalized spacial score (nSPS) is 12.0. The van der Waals surface area contributed by atoms with E-state index in [0.717, 1.165) is 11.1 Å². The first kappa shape index (κ1) is 23.2. The highest BCUT2D eigenvalue weighted by molar-refractivity contribution is 6.35. The van der Waals surface area contributed by atoms with Gasteiger partial charge in [-0.05, 0) is 48.1 Å². The molecule has 0 spiro atoms. The summed E-state index contributed by atoms with van der Waals surface area (Å²) in [6.45, 7) is 6.27. The van der Waals surface area contributed by atoms with Crippen LogP contribution >= 0.6 is 23.2 Å². The molecule has 2 amide bonds. The maximum Gasteiger partial charge on any atom is 0.242 e. The van der Waals surface area contributed by atoms with Crippen molar-refractivity contribution in [2.45, 2.75) is 52.1 Å². The van der Waals surface area contributed by atoms with Gasteiger partial charge in [-0.1, -0.05) is 67.4 Å². The minimum absolute atomic E-state index is 0.0972. The number of aryl methyl sites for hydroxylation is 1. The fraction of sp³-hybridized carbons (Fsp3) is 0.391. The number of hydrogen-bond donors (Lipinski definition) is 1. The van der Waals surface area contributed by atoms with E-state index < -0.39 is 6.04 Å². The van der Waals surface area contributed by atoms with Crippen LogP contribution in [0.15, 0.2) is 42.5 Å². The van der Waals surface area contributed by atoms with E-state index in [4.69, 9.17) is 23.2 Å². The number of carbonyl (C=O) groups excluding carboxylic acids is 2. The van der Waals surface area contributed by atoms with Crippen molar-refractivity contribution in [2.75, 3.05) is 7.05 Å². The van der Waals surface area contributed by atoms with Crippen molar-refractivity contribution in [2.24, 2.45) is 0 Å². The van der Waals surface area contributed by atoms with Gasteiger partial charge in [0.1, 0.15) is 6.04 Å². The molecule has 2 rings (SSSR count).